The molecule has 372 valence electrons. The molecule has 0 bridgehead atoms. The second kappa shape index (κ2) is 23.1. The van der Waals surface area contributed by atoms with Crippen molar-refractivity contribution in [3.63, 3.8) is 0 Å². The van der Waals surface area contributed by atoms with Crippen LogP contribution in [0.4, 0.5) is 18.0 Å². The van der Waals surface area contributed by atoms with Crippen molar-refractivity contribution in [2.75, 3.05) is 46.6 Å². The molecule has 1 saturated heterocycles. The number of hydrogen-bond donors (Lipinski definition) is 4. The number of hydrogen-bond acceptors (Lipinski definition) is 11. The van der Waals surface area contributed by atoms with Crippen LogP contribution in [0.3, 0.4) is 0 Å². The molecular formula is C48H75F3N6O9. The van der Waals surface area contributed by atoms with Crippen molar-refractivity contribution < 1.29 is 56.0 Å². The predicted molar refractivity (Wildman–Crippen MR) is 239 cm³/mol. The quantitative estimate of drug-likeness (QED) is 0.125. The number of nitrogens with one attached hydrogen (secondary N) is 4. The maximum absolute atomic E-state index is 14.8. The Morgan fingerprint density at radius 2 is 1.62 bits per heavy atom. The summed E-state index contributed by atoms with van der Waals surface area (Å²) in [6, 6.07) is 0.384. The molecule has 2 aliphatic heterocycles. The normalized spacial score (nSPS) is 29.5. The maximum Gasteiger partial charge on any atom is 0.417 e. The lowest BCUT2D eigenvalue weighted by molar-refractivity contribution is -0.147. The molecule has 66 heavy (non-hydrogen) atoms. The minimum atomic E-state index is -4.62. The van der Waals surface area contributed by atoms with Gasteiger partial charge >= 0.3 is 12.3 Å². The Hall–Kier alpha value is -3.58. The van der Waals surface area contributed by atoms with Crippen LogP contribution in [0.2, 0.25) is 0 Å². The largest absolute Gasteiger partial charge is 0.444 e. The van der Waals surface area contributed by atoms with Gasteiger partial charge < -0.3 is 49.9 Å². The number of amides is 4. The second-order valence-electron chi connectivity index (χ2n) is 20.5. The molecule has 0 spiro atoms. The van der Waals surface area contributed by atoms with E-state index in [0.717, 1.165) is 50.8 Å². The van der Waals surface area contributed by atoms with Gasteiger partial charge in [-0.2, -0.15) is 13.2 Å². The molecule has 4 N–H and O–H groups in total. The number of methoxy groups -OCH3 is 1. The van der Waals surface area contributed by atoms with Crippen molar-refractivity contribution in [2.45, 2.75) is 185 Å². The lowest BCUT2D eigenvalue weighted by Crippen LogP contribution is -2.53. The number of halogens is 3. The summed E-state index contributed by atoms with van der Waals surface area (Å²) in [6.07, 6.45) is 5.41. The van der Waals surface area contributed by atoms with E-state index in [-0.39, 0.29) is 84.6 Å². The molecule has 3 aliphatic carbocycles. The van der Waals surface area contributed by atoms with Crippen LogP contribution in [0, 0.1) is 17.3 Å². The third-order valence-corrected chi connectivity index (χ3v) is 14.3. The number of alkyl carbamates (subject to hydrolysis) is 1. The number of nitrogens with zero attached hydrogens (tertiary/aromatic N) is 2. The predicted octanol–water partition coefficient (Wildman–Crippen LogP) is 6.51. The third-order valence-electron chi connectivity index (χ3n) is 14.3. The number of rotatable bonds is 17. The highest BCUT2D eigenvalue weighted by Crippen LogP contribution is 2.47. The van der Waals surface area contributed by atoms with E-state index in [1.54, 1.807) is 12.0 Å². The van der Waals surface area contributed by atoms with Crippen molar-refractivity contribution in [1.29, 1.82) is 0 Å². The first-order chi connectivity index (χ1) is 31.3. The first-order valence-electron chi connectivity index (χ1n) is 24.3. The molecule has 5 atom stereocenters. The summed E-state index contributed by atoms with van der Waals surface area (Å²) in [5.41, 5.74) is -1.54. The van der Waals surface area contributed by atoms with Gasteiger partial charge in [-0.3, -0.25) is 19.4 Å². The van der Waals surface area contributed by atoms with Gasteiger partial charge in [0, 0.05) is 76.6 Å². The second-order valence-corrected chi connectivity index (χ2v) is 20.5. The van der Waals surface area contributed by atoms with Gasteiger partial charge in [-0.1, -0.05) is 13.8 Å². The summed E-state index contributed by atoms with van der Waals surface area (Å²) in [4.78, 5) is 59.2. The number of fused-ring (bicyclic) bond motifs is 1. The van der Waals surface area contributed by atoms with Crippen molar-refractivity contribution in [1.82, 2.24) is 31.2 Å². The van der Waals surface area contributed by atoms with Gasteiger partial charge in [0.15, 0.2) is 0 Å². The zero-order chi connectivity index (χ0) is 47.6. The van der Waals surface area contributed by atoms with E-state index in [4.69, 9.17) is 23.7 Å². The number of carbonyl (C=O) groups is 4. The summed E-state index contributed by atoms with van der Waals surface area (Å²) >= 11 is 0. The fourth-order valence-electron chi connectivity index (χ4n) is 10.5. The molecule has 6 rings (SSSR count). The molecule has 4 fully saturated rings. The fraction of sp³-hybridized carbons (Fsp3) is 0.812. The van der Waals surface area contributed by atoms with Gasteiger partial charge in [0.05, 0.1) is 54.2 Å². The van der Waals surface area contributed by atoms with Gasteiger partial charge in [0.1, 0.15) is 5.60 Å². The Kier molecular flexibility index (Phi) is 18.2. The van der Waals surface area contributed by atoms with Crippen LogP contribution in [-0.4, -0.2) is 122 Å². The summed E-state index contributed by atoms with van der Waals surface area (Å²) in [5, 5.41) is 12.7. The fourth-order valence-corrected chi connectivity index (χ4v) is 10.5. The highest BCUT2D eigenvalue weighted by atomic mass is 19.4. The Bertz CT molecular complexity index is 1780. The van der Waals surface area contributed by atoms with E-state index >= 15 is 0 Å². The first-order valence-corrected chi connectivity index (χ1v) is 24.3. The summed E-state index contributed by atoms with van der Waals surface area (Å²) < 4.78 is 70.4. The monoisotopic (exact) mass is 937 g/mol. The van der Waals surface area contributed by atoms with Crippen molar-refractivity contribution in [3.8, 4) is 0 Å². The Balaban J connectivity index is 0.940. The molecule has 3 saturated carbocycles. The van der Waals surface area contributed by atoms with Crippen LogP contribution in [-0.2, 0) is 50.8 Å². The molecule has 0 unspecified atom stereocenters. The van der Waals surface area contributed by atoms with Crippen LogP contribution in [0.15, 0.2) is 12.3 Å². The van der Waals surface area contributed by atoms with Crippen LogP contribution in [0.25, 0.3) is 0 Å². The Morgan fingerprint density at radius 1 is 0.924 bits per heavy atom. The van der Waals surface area contributed by atoms with Gasteiger partial charge in [0.2, 0.25) is 17.7 Å². The minimum Gasteiger partial charge on any atom is -0.444 e. The molecule has 1 aromatic rings. The average Bonchev–Trinajstić information content (AvgIpc) is 3.71. The van der Waals surface area contributed by atoms with E-state index in [0.29, 0.717) is 90.0 Å². The lowest BCUT2D eigenvalue weighted by atomic mass is 9.73. The highest BCUT2D eigenvalue weighted by molar-refractivity contribution is 5.84. The summed E-state index contributed by atoms with van der Waals surface area (Å²) in [6.45, 7) is 12.0. The molecule has 5 aliphatic rings. The molecule has 15 nitrogen and oxygen atoms in total. The summed E-state index contributed by atoms with van der Waals surface area (Å²) in [7, 11) is 1.67. The van der Waals surface area contributed by atoms with Crippen molar-refractivity contribution in [2.24, 2.45) is 17.3 Å². The number of carbonyl (C=O) groups excluding carboxylic acids is 4. The lowest BCUT2D eigenvalue weighted by Gasteiger charge is -2.42. The Labute approximate surface area is 388 Å². The zero-order valence-electron chi connectivity index (χ0n) is 39.9. The first kappa shape index (κ1) is 51.8. The maximum atomic E-state index is 14.8. The molecule has 18 heteroatoms. The van der Waals surface area contributed by atoms with Gasteiger partial charge in [-0.05, 0) is 122 Å². The van der Waals surface area contributed by atoms with Crippen LogP contribution >= 0.6 is 0 Å². The SMILES string of the molecule is CO[C@@H]1COCC[C@@H]1N[C@H]1CC[C@@](C(=O)N2Cc3cc(C(F)(F)F)cnc3[C@H](NC(=O)C3CCC(NC(=O)CCCOC4CCC(OCCNC(=O)OC(C)(C)C)CC4)CC3)C2)(C(C)C)C1. The molecule has 3 heterocycles. The minimum absolute atomic E-state index is 0.0255. The van der Waals surface area contributed by atoms with Gasteiger partial charge in [0.25, 0.3) is 0 Å². The third kappa shape index (κ3) is 14.2. The van der Waals surface area contributed by atoms with E-state index in [9.17, 15) is 32.3 Å². The number of alkyl halides is 3. The van der Waals surface area contributed by atoms with Crippen molar-refractivity contribution >= 4 is 23.8 Å². The molecule has 1 aromatic heterocycles. The van der Waals surface area contributed by atoms with E-state index < -0.39 is 34.9 Å². The smallest absolute Gasteiger partial charge is 0.417 e. The number of ether oxygens (including phenoxy) is 5. The standard InChI is InChI=1S/C48H75F3N6O9/c1-30(2)47(19-17-35(25-47)54-38-18-22-63-29-40(38)62-6)44(60)57-27-32-24-33(48(49,50)51)26-53-42(32)39(28-57)56-43(59)31-9-11-34(12-10-31)55-41(58)8-7-21-64-36-13-15-37(16-14-36)65-23-20-52-45(61)66-46(3,4)5/h24,26,30-31,34-40,54H,7-23,25,27-29H2,1-6H3,(H,52,61)(H,55,58)(H,56,59)/t31?,34?,35-,36?,37?,38-,39+,40+,47-/m0/s1. The van der Waals surface area contributed by atoms with E-state index in [2.05, 4.69) is 26.3 Å². The van der Waals surface area contributed by atoms with Crippen molar-refractivity contribution in [3.05, 3.63) is 29.1 Å². The van der Waals surface area contributed by atoms with E-state index in [1.165, 1.54) is 0 Å². The van der Waals surface area contributed by atoms with Crippen LogP contribution < -0.4 is 21.3 Å². The number of pyridine rings is 1. The van der Waals surface area contributed by atoms with E-state index in [1.807, 2.05) is 34.6 Å². The molecule has 0 radical (unpaired) electrons. The zero-order valence-corrected chi connectivity index (χ0v) is 39.9. The van der Waals surface area contributed by atoms with Gasteiger partial charge in [-0.15, -0.1) is 0 Å². The topological polar surface area (TPSA) is 179 Å². The molecule has 0 aromatic carbocycles. The molecular weight excluding hydrogens is 862 g/mol. The highest BCUT2D eigenvalue weighted by Gasteiger charge is 2.51. The van der Waals surface area contributed by atoms with Crippen LogP contribution in [0.1, 0.15) is 147 Å². The molecule has 4 amide bonds. The summed E-state index contributed by atoms with van der Waals surface area (Å²) in [5.74, 6) is -0.779. The van der Waals surface area contributed by atoms with Gasteiger partial charge in [-0.25, -0.2) is 4.79 Å². The average molecular weight is 937 g/mol. The van der Waals surface area contributed by atoms with Crippen LogP contribution in [0.5, 0.6) is 0 Å². The Morgan fingerprint density at radius 3 is 2.27 bits per heavy atom. The number of aromatic nitrogens is 1.